The minimum atomic E-state index is -3.86. The van der Waals surface area contributed by atoms with Gasteiger partial charge in [-0.15, -0.1) is 0 Å². The fourth-order valence-corrected chi connectivity index (χ4v) is 2.48. The molecular formula is C9H10Cl2O5S. The van der Waals surface area contributed by atoms with Crippen molar-refractivity contribution in [1.29, 1.82) is 0 Å². The van der Waals surface area contributed by atoms with E-state index in [2.05, 4.69) is 0 Å². The van der Waals surface area contributed by atoms with Crippen LogP contribution in [0.5, 0.6) is 17.2 Å². The lowest BCUT2D eigenvalue weighted by Crippen LogP contribution is -2.01. The van der Waals surface area contributed by atoms with Crippen LogP contribution in [0.1, 0.15) is 5.56 Å². The van der Waals surface area contributed by atoms with Crippen LogP contribution < -0.4 is 9.47 Å². The summed E-state index contributed by atoms with van der Waals surface area (Å²) in [5.41, 5.74) is -0.0353. The van der Waals surface area contributed by atoms with Gasteiger partial charge in [0.25, 0.3) is 0 Å². The second kappa shape index (κ2) is 5.20. The van der Waals surface area contributed by atoms with Gasteiger partial charge in [0.1, 0.15) is 5.75 Å². The van der Waals surface area contributed by atoms with Gasteiger partial charge in [0.15, 0.2) is 11.5 Å². The Hall–Kier alpha value is -0.850. The van der Waals surface area contributed by atoms with E-state index in [1.165, 1.54) is 20.3 Å². The molecule has 1 N–H and O–H groups in total. The number of halogens is 2. The first kappa shape index (κ1) is 14.2. The Bertz CT molecular complexity index is 527. The highest BCUT2D eigenvalue weighted by Crippen LogP contribution is 2.43. The number of benzene rings is 1. The average Bonchev–Trinajstić information content (AvgIpc) is 2.22. The van der Waals surface area contributed by atoms with Gasteiger partial charge in [0, 0.05) is 16.7 Å². The molecular weight excluding hydrogens is 291 g/mol. The monoisotopic (exact) mass is 300 g/mol. The summed E-state index contributed by atoms with van der Waals surface area (Å²) < 4.78 is 32.0. The number of aromatic hydroxyl groups is 1. The van der Waals surface area contributed by atoms with Crippen LogP contribution in [-0.4, -0.2) is 27.7 Å². The Morgan fingerprint density at radius 2 is 1.94 bits per heavy atom. The zero-order chi connectivity index (χ0) is 13.2. The van der Waals surface area contributed by atoms with Crippen LogP contribution in [0.25, 0.3) is 0 Å². The van der Waals surface area contributed by atoms with Crippen LogP contribution in [0.3, 0.4) is 0 Å². The summed E-state index contributed by atoms with van der Waals surface area (Å²) >= 11 is 5.73. The van der Waals surface area contributed by atoms with Crippen molar-refractivity contribution in [1.82, 2.24) is 0 Å². The van der Waals surface area contributed by atoms with Crippen LogP contribution in [0.15, 0.2) is 6.07 Å². The summed E-state index contributed by atoms with van der Waals surface area (Å²) in [6.45, 7) is 0. The second-order valence-corrected chi connectivity index (χ2v) is 6.29. The molecule has 1 aromatic carbocycles. The number of ether oxygens (including phenoxy) is 2. The first-order valence-electron chi connectivity index (χ1n) is 4.34. The fourth-order valence-electron chi connectivity index (χ4n) is 1.33. The number of phenolic OH excluding ortho intramolecular Hbond substituents is 1. The second-order valence-electron chi connectivity index (χ2n) is 3.10. The van der Waals surface area contributed by atoms with E-state index < -0.39 is 20.6 Å². The van der Waals surface area contributed by atoms with E-state index >= 15 is 0 Å². The molecule has 0 bridgehead atoms. The van der Waals surface area contributed by atoms with Crippen molar-refractivity contribution in [3.63, 3.8) is 0 Å². The van der Waals surface area contributed by atoms with Gasteiger partial charge in [-0.3, -0.25) is 0 Å². The summed E-state index contributed by atoms with van der Waals surface area (Å²) in [6, 6.07) is 1.32. The molecule has 0 spiro atoms. The molecule has 0 atom stereocenters. The van der Waals surface area contributed by atoms with Gasteiger partial charge in [-0.1, -0.05) is 11.6 Å². The lowest BCUT2D eigenvalue weighted by Gasteiger charge is -2.14. The predicted octanol–water partition coefficient (Wildman–Crippen LogP) is 2.13. The van der Waals surface area contributed by atoms with E-state index in [-0.39, 0.29) is 22.1 Å². The van der Waals surface area contributed by atoms with Crippen LogP contribution in [0.2, 0.25) is 5.02 Å². The first-order chi connectivity index (χ1) is 7.80. The molecule has 17 heavy (non-hydrogen) atoms. The standard InChI is InChI=1S/C9H10Cl2O5S/c1-15-7-3-6(10)8(12)5(9(7)16-2)4-17(11,13)14/h3,12H,4H2,1-2H3. The molecule has 5 nitrogen and oxygen atoms in total. The van der Waals surface area contributed by atoms with Crippen LogP contribution in [0.4, 0.5) is 0 Å². The van der Waals surface area contributed by atoms with E-state index in [4.69, 9.17) is 31.8 Å². The Kier molecular flexibility index (Phi) is 4.35. The molecule has 0 aliphatic carbocycles. The maximum Gasteiger partial charge on any atom is 0.237 e. The average molecular weight is 301 g/mol. The number of hydrogen-bond donors (Lipinski definition) is 1. The number of methoxy groups -OCH3 is 2. The third-order valence-corrected chi connectivity index (χ3v) is 3.26. The van der Waals surface area contributed by atoms with Crippen molar-refractivity contribution in [2.45, 2.75) is 5.75 Å². The molecule has 1 rings (SSSR count). The van der Waals surface area contributed by atoms with Crippen molar-refractivity contribution in [2.75, 3.05) is 14.2 Å². The van der Waals surface area contributed by atoms with Crippen LogP contribution in [0, 0.1) is 0 Å². The summed E-state index contributed by atoms with van der Waals surface area (Å²) in [6.07, 6.45) is 0. The SMILES string of the molecule is COc1cc(Cl)c(O)c(CS(=O)(=O)Cl)c1OC. The summed E-state index contributed by atoms with van der Waals surface area (Å²) in [5.74, 6) is -0.710. The van der Waals surface area contributed by atoms with Crippen molar-refractivity contribution < 1.29 is 23.0 Å². The van der Waals surface area contributed by atoms with Gasteiger partial charge < -0.3 is 14.6 Å². The molecule has 1 aromatic rings. The van der Waals surface area contributed by atoms with Crippen LogP contribution >= 0.6 is 22.3 Å². The molecule has 0 saturated heterocycles. The molecule has 0 amide bonds. The normalized spacial score (nSPS) is 11.3. The molecule has 0 aromatic heterocycles. The highest BCUT2D eigenvalue weighted by Gasteiger charge is 2.22. The Balaban J connectivity index is 3.49. The van der Waals surface area contributed by atoms with Crippen molar-refractivity contribution in [3.05, 3.63) is 16.7 Å². The van der Waals surface area contributed by atoms with E-state index in [0.29, 0.717) is 0 Å². The molecule has 0 saturated carbocycles. The number of hydrogen-bond acceptors (Lipinski definition) is 5. The lowest BCUT2D eigenvalue weighted by atomic mass is 10.2. The predicted molar refractivity (Wildman–Crippen MR) is 64.7 cm³/mol. The van der Waals surface area contributed by atoms with Gasteiger partial charge in [-0.2, -0.15) is 0 Å². The Morgan fingerprint density at radius 3 is 2.35 bits per heavy atom. The molecule has 0 radical (unpaired) electrons. The minimum Gasteiger partial charge on any atom is -0.506 e. The van der Waals surface area contributed by atoms with Gasteiger partial charge in [-0.25, -0.2) is 8.42 Å². The third-order valence-electron chi connectivity index (χ3n) is 2.01. The van der Waals surface area contributed by atoms with Crippen molar-refractivity contribution in [3.8, 4) is 17.2 Å². The lowest BCUT2D eigenvalue weighted by molar-refractivity contribution is 0.348. The molecule has 0 heterocycles. The molecule has 0 aliphatic rings. The Labute approximate surface area is 108 Å². The topological polar surface area (TPSA) is 72.8 Å². The first-order valence-corrected chi connectivity index (χ1v) is 7.20. The van der Waals surface area contributed by atoms with E-state index in [0.717, 1.165) is 0 Å². The van der Waals surface area contributed by atoms with Crippen molar-refractivity contribution in [2.24, 2.45) is 0 Å². The maximum atomic E-state index is 11.0. The van der Waals surface area contributed by atoms with Gasteiger partial charge in [0.2, 0.25) is 9.05 Å². The van der Waals surface area contributed by atoms with Gasteiger partial charge in [-0.05, 0) is 0 Å². The van der Waals surface area contributed by atoms with E-state index in [1.807, 2.05) is 0 Å². The maximum absolute atomic E-state index is 11.0. The summed E-state index contributed by atoms with van der Waals surface area (Å²) in [4.78, 5) is 0. The molecule has 8 heteroatoms. The van der Waals surface area contributed by atoms with E-state index in [9.17, 15) is 13.5 Å². The van der Waals surface area contributed by atoms with Gasteiger partial charge >= 0.3 is 0 Å². The largest absolute Gasteiger partial charge is 0.506 e. The fraction of sp³-hybridized carbons (Fsp3) is 0.333. The summed E-state index contributed by atoms with van der Waals surface area (Å²) in [7, 11) is 3.96. The van der Waals surface area contributed by atoms with Crippen LogP contribution in [-0.2, 0) is 14.8 Å². The molecule has 0 fully saturated rings. The third kappa shape index (κ3) is 3.31. The Morgan fingerprint density at radius 1 is 1.35 bits per heavy atom. The quantitative estimate of drug-likeness (QED) is 0.862. The highest BCUT2D eigenvalue weighted by atomic mass is 35.7. The summed E-state index contributed by atoms with van der Waals surface area (Å²) in [5, 5.41) is 9.66. The molecule has 0 unspecified atom stereocenters. The zero-order valence-corrected chi connectivity index (χ0v) is 11.4. The number of rotatable bonds is 4. The molecule has 0 aliphatic heterocycles. The number of phenols is 1. The highest BCUT2D eigenvalue weighted by molar-refractivity contribution is 8.13. The smallest absolute Gasteiger partial charge is 0.237 e. The zero-order valence-electron chi connectivity index (χ0n) is 9.03. The van der Waals surface area contributed by atoms with E-state index in [1.54, 1.807) is 0 Å². The van der Waals surface area contributed by atoms with Gasteiger partial charge in [0.05, 0.1) is 30.6 Å². The molecule has 96 valence electrons. The van der Waals surface area contributed by atoms with Crippen molar-refractivity contribution >= 4 is 31.3 Å². The minimum absolute atomic E-state index is 0.0353.